The summed E-state index contributed by atoms with van der Waals surface area (Å²) < 4.78 is 6.81. The van der Waals surface area contributed by atoms with E-state index in [1.165, 1.54) is 10.3 Å². The molecule has 2 heterocycles. The molecule has 0 radical (unpaired) electrons. The number of carboxylic acids is 1. The van der Waals surface area contributed by atoms with Crippen LogP contribution in [-0.2, 0) is 9.53 Å². The second-order valence-corrected chi connectivity index (χ2v) is 4.54. The molecule has 1 aliphatic heterocycles. The maximum absolute atomic E-state index is 10.9. The van der Waals surface area contributed by atoms with E-state index in [1.807, 2.05) is 19.9 Å². The maximum atomic E-state index is 10.9. The molecular weight excluding hydrogens is 239 g/mol. The van der Waals surface area contributed by atoms with Gasteiger partial charge < -0.3 is 14.6 Å². The van der Waals surface area contributed by atoms with Gasteiger partial charge >= 0.3 is 18.9 Å². The molecular formula is C13H17LiN2O3. The topological polar surface area (TPSA) is 67.2 Å². The third kappa shape index (κ3) is 3.11. The van der Waals surface area contributed by atoms with E-state index in [9.17, 15) is 9.90 Å². The molecule has 5 nitrogen and oxygen atoms in total. The summed E-state index contributed by atoms with van der Waals surface area (Å²) in [6, 6.07) is -0.752. The van der Waals surface area contributed by atoms with Crippen LogP contribution >= 0.6 is 0 Å². The van der Waals surface area contributed by atoms with Crippen LogP contribution in [0.1, 0.15) is 36.3 Å². The number of aryl methyl sites for hydroxylation is 1. The van der Waals surface area contributed by atoms with Crippen LogP contribution in [-0.4, -0.2) is 29.0 Å². The smallest absolute Gasteiger partial charge is 0.548 e. The Morgan fingerprint density at radius 3 is 2.74 bits per heavy atom. The third-order valence-corrected chi connectivity index (χ3v) is 3.32. The van der Waals surface area contributed by atoms with E-state index in [0.29, 0.717) is 13.2 Å². The first-order valence-electron chi connectivity index (χ1n) is 6.06. The van der Waals surface area contributed by atoms with Gasteiger partial charge in [0.2, 0.25) is 0 Å². The molecule has 0 bridgehead atoms. The van der Waals surface area contributed by atoms with Gasteiger partial charge in [-0.15, -0.1) is 0 Å². The van der Waals surface area contributed by atoms with Crippen molar-refractivity contribution in [2.45, 2.75) is 33.2 Å². The van der Waals surface area contributed by atoms with Crippen molar-refractivity contribution in [2.75, 3.05) is 13.2 Å². The summed E-state index contributed by atoms with van der Waals surface area (Å²) in [7, 11) is 0. The quantitative estimate of drug-likeness (QED) is 0.566. The van der Waals surface area contributed by atoms with E-state index in [4.69, 9.17) is 4.74 Å². The molecule has 1 atom stereocenters. The molecule has 0 saturated heterocycles. The number of carbonyl (C=O) groups is 1. The van der Waals surface area contributed by atoms with Gasteiger partial charge in [-0.3, -0.25) is 4.68 Å². The molecule has 0 aliphatic carbocycles. The van der Waals surface area contributed by atoms with E-state index in [-0.39, 0.29) is 18.9 Å². The molecule has 0 saturated carbocycles. The number of nitrogens with zero attached hydrogens (tertiary/aromatic N) is 2. The van der Waals surface area contributed by atoms with Crippen LogP contribution in [0.3, 0.4) is 0 Å². The third-order valence-electron chi connectivity index (χ3n) is 3.32. The van der Waals surface area contributed by atoms with E-state index in [2.05, 4.69) is 5.10 Å². The minimum Gasteiger partial charge on any atom is -0.548 e. The van der Waals surface area contributed by atoms with Crippen molar-refractivity contribution in [3.05, 3.63) is 23.0 Å². The fraction of sp³-hybridized carbons (Fsp3) is 0.538. The second kappa shape index (κ2) is 6.42. The average molecular weight is 256 g/mol. The van der Waals surface area contributed by atoms with Gasteiger partial charge in [-0.1, -0.05) is 6.08 Å². The molecule has 98 valence electrons. The summed E-state index contributed by atoms with van der Waals surface area (Å²) in [6.45, 7) is 6.68. The minimum atomic E-state index is -1.12. The Morgan fingerprint density at radius 1 is 1.53 bits per heavy atom. The number of aromatic nitrogens is 2. The normalized spacial score (nSPS) is 16.5. The largest absolute Gasteiger partial charge is 1.00 e. The molecule has 0 aromatic carbocycles. The standard InChI is InChI=1S/C13H18N2O3.Li/c1-8-12(11-4-6-18-7-5-11)9(2)15(14-8)10(3)13(16)17;/h4,10H,5-7H2,1-3H3,(H,16,17);/q;+1/p-1. The zero-order valence-corrected chi connectivity index (χ0v) is 11.9. The van der Waals surface area contributed by atoms with Crippen molar-refractivity contribution in [3.63, 3.8) is 0 Å². The molecule has 1 aromatic heterocycles. The summed E-state index contributed by atoms with van der Waals surface area (Å²) >= 11 is 0. The van der Waals surface area contributed by atoms with Crippen LogP contribution in [0.4, 0.5) is 0 Å². The zero-order valence-electron chi connectivity index (χ0n) is 11.9. The molecule has 2 rings (SSSR count). The Hall–Kier alpha value is -1.02. The van der Waals surface area contributed by atoms with Crippen molar-refractivity contribution >= 4 is 11.5 Å². The van der Waals surface area contributed by atoms with Gasteiger partial charge in [0.25, 0.3) is 0 Å². The van der Waals surface area contributed by atoms with Crippen molar-refractivity contribution in [2.24, 2.45) is 0 Å². The van der Waals surface area contributed by atoms with Crippen molar-refractivity contribution in [3.8, 4) is 0 Å². The summed E-state index contributed by atoms with van der Waals surface area (Å²) in [5.41, 5.74) is 3.96. The van der Waals surface area contributed by atoms with Gasteiger partial charge in [0.1, 0.15) is 0 Å². The first-order valence-corrected chi connectivity index (χ1v) is 6.06. The predicted octanol–water partition coefficient (Wildman–Crippen LogP) is -2.38. The number of hydrogen-bond donors (Lipinski definition) is 0. The van der Waals surface area contributed by atoms with Gasteiger partial charge in [0, 0.05) is 11.3 Å². The SMILES string of the molecule is Cc1nn(C(C)C(=O)[O-])c(C)c1C1=CCOCC1.[Li+]. The minimum absolute atomic E-state index is 0. The van der Waals surface area contributed by atoms with Gasteiger partial charge in [-0.05, 0) is 32.8 Å². The van der Waals surface area contributed by atoms with E-state index in [0.717, 1.165) is 23.4 Å². The summed E-state index contributed by atoms with van der Waals surface area (Å²) in [4.78, 5) is 10.9. The molecule has 0 spiro atoms. The Labute approximate surface area is 124 Å². The fourth-order valence-corrected chi connectivity index (χ4v) is 2.36. The summed E-state index contributed by atoms with van der Waals surface area (Å²) in [5.74, 6) is -1.12. The number of aliphatic carboxylic acids is 1. The number of ether oxygens (including phenoxy) is 1. The van der Waals surface area contributed by atoms with Gasteiger partial charge in [-0.2, -0.15) is 5.10 Å². The maximum Gasteiger partial charge on any atom is 1.00 e. The average Bonchev–Trinajstić information content (AvgIpc) is 2.65. The van der Waals surface area contributed by atoms with Gasteiger partial charge in [0.15, 0.2) is 0 Å². The molecule has 19 heavy (non-hydrogen) atoms. The Morgan fingerprint density at radius 2 is 2.21 bits per heavy atom. The van der Waals surface area contributed by atoms with Crippen LogP contribution in [0.5, 0.6) is 0 Å². The summed E-state index contributed by atoms with van der Waals surface area (Å²) in [5, 5.41) is 15.3. The Kier molecular flexibility index (Phi) is 5.42. The van der Waals surface area contributed by atoms with E-state index >= 15 is 0 Å². The van der Waals surface area contributed by atoms with E-state index in [1.54, 1.807) is 6.92 Å². The van der Waals surface area contributed by atoms with Crippen molar-refractivity contribution in [1.29, 1.82) is 0 Å². The van der Waals surface area contributed by atoms with E-state index < -0.39 is 12.0 Å². The molecule has 0 N–H and O–H groups in total. The number of carboxylic acid groups (broad SMARTS) is 1. The first-order chi connectivity index (χ1) is 8.52. The number of rotatable bonds is 3. The molecule has 1 unspecified atom stereocenters. The zero-order chi connectivity index (χ0) is 13.3. The predicted molar refractivity (Wildman–Crippen MR) is 64.8 cm³/mol. The van der Waals surface area contributed by atoms with Crippen LogP contribution in [0.25, 0.3) is 5.57 Å². The Balaban J connectivity index is 0.00000180. The fourth-order valence-electron chi connectivity index (χ4n) is 2.36. The first kappa shape index (κ1) is 16.0. The molecule has 0 amide bonds. The molecule has 6 heteroatoms. The molecule has 0 fully saturated rings. The Bertz CT molecular complexity index is 508. The van der Waals surface area contributed by atoms with Crippen LogP contribution in [0.2, 0.25) is 0 Å². The van der Waals surface area contributed by atoms with Crippen LogP contribution in [0, 0.1) is 13.8 Å². The summed E-state index contributed by atoms with van der Waals surface area (Å²) in [6.07, 6.45) is 2.88. The van der Waals surface area contributed by atoms with Crippen LogP contribution in [0.15, 0.2) is 6.08 Å². The molecule has 1 aromatic rings. The second-order valence-electron chi connectivity index (χ2n) is 4.54. The monoisotopic (exact) mass is 256 g/mol. The number of hydrogen-bond acceptors (Lipinski definition) is 4. The number of carbonyl (C=O) groups excluding carboxylic acids is 1. The van der Waals surface area contributed by atoms with Crippen molar-refractivity contribution < 1.29 is 33.5 Å². The van der Waals surface area contributed by atoms with Crippen molar-refractivity contribution in [1.82, 2.24) is 9.78 Å². The van der Waals surface area contributed by atoms with Crippen LogP contribution < -0.4 is 24.0 Å². The van der Waals surface area contributed by atoms with Gasteiger partial charge in [-0.25, -0.2) is 0 Å². The van der Waals surface area contributed by atoms with Gasteiger partial charge in [0.05, 0.1) is 30.9 Å². The molecule has 1 aliphatic rings.